The highest BCUT2D eigenvalue weighted by molar-refractivity contribution is 5.56. The van der Waals surface area contributed by atoms with Gasteiger partial charge in [0.1, 0.15) is 0 Å². The Hall–Kier alpha value is -1.10. The lowest BCUT2D eigenvalue weighted by atomic mass is 9.99. The Morgan fingerprint density at radius 2 is 1.80 bits per heavy atom. The van der Waals surface area contributed by atoms with E-state index in [1.54, 1.807) is 0 Å². The molecule has 4 nitrogen and oxygen atoms in total. The molecular weight excluding hydrogens is 250 g/mol. The van der Waals surface area contributed by atoms with Crippen LogP contribution < -0.4 is 4.90 Å². The lowest BCUT2D eigenvalue weighted by molar-refractivity contribution is 0.151. The summed E-state index contributed by atoms with van der Waals surface area (Å²) < 4.78 is 0. The van der Waals surface area contributed by atoms with Crippen molar-refractivity contribution in [1.29, 1.82) is 0 Å². The smallest absolute Gasteiger partial charge is 0.0826 e. The van der Waals surface area contributed by atoms with Crippen LogP contribution in [-0.2, 0) is 0 Å². The zero-order valence-electron chi connectivity index (χ0n) is 12.3. The molecule has 0 saturated carbocycles. The molecule has 3 rings (SSSR count). The van der Waals surface area contributed by atoms with Crippen molar-refractivity contribution in [2.75, 3.05) is 57.8 Å². The van der Waals surface area contributed by atoms with Gasteiger partial charge < -0.3 is 14.9 Å². The summed E-state index contributed by atoms with van der Waals surface area (Å²) in [6, 6.07) is 8.29. The first-order valence-electron chi connectivity index (χ1n) is 7.67. The van der Waals surface area contributed by atoms with E-state index in [0.717, 1.165) is 31.6 Å². The highest BCUT2D eigenvalue weighted by Gasteiger charge is 2.23. The number of aliphatic hydroxyl groups is 1. The summed E-state index contributed by atoms with van der Waals surface area (Å²) in [6.45, 7) is 7.85. The van der Waals surface area contributed by atoms with Crippen LogP contribution in [0.5, 0.6) is 0 Å². The van der Waals surface area contributed by atoms with Gasteiger partial charge in [-0.1, -0.05) is 18.2 Å². The zero-order chi connectivity index (χ0) is 13.9. The number of hydrogen-bond acceptors (Lipinski definition) is 4. The minimum Gasteiger partial charge on any atom is -0.388 e. The van der Waals surface area contributed by atoms with E-state index in [-0.39, 0.29) is 6.10 Å². The Balaban J connectivity index is 1.60. The summed E-state index contributed by atoms with van der Waals surface area (Å²) >= 11 is 0. The second-order valence-corrected chi connectivity index (χ2v) is 6.00. The van der Waals surface area contributed by atoms with Crippen LogP contribution in [0, 0.1) is 0 Å². The van der Waals surface area contributed by atoms with Crippen molar-refractivity contribution in [2.45, 2.75) is 12.5 Å². The van der Waals surface area contributed by atoms with Gasteiger partial charge in [0.15, 0.2) is 0 Å². The number of likely N-dealkylation sites (N-methyl/N-ethyl adjacent to an activating group) is 1. The van der Waals surface area contributed by atoms with Gasteiger partial charge in [0.05, 0.1) is 6.10 Å². The van der Waals surface area contributed by atoms with E-state index in [0.29, 0.717) is 0 Å². The topological polar surface area (TPSA) is 30.0 Å². The van der Waals surface area contributed by atoms with Gasteiger partial charge in [-0.25, -0.2) is 0 Å². The average molecular weight is 275 g/mol. The molecular formula is C16H25N3O. The average Bonchev–Trinajstić information content (AvgIpc) is 2.49. The molecule has 2 aliphatic rings. The van der Waals surface area contributed by atoms with E-state index >= 15 is 0 Å². The number of benzene rings is 1. The summed E-state index contributed by atoms with van der Waals surface area (Å²) in [6.07, 6.45) is 0.561. The molecule has 1 unspecified atom stereocenters. The molecule has 110 valence electrons. The maximum absolute atomic E-state index is 10.1. The molecule has 1 atom stereocenters. The molecule has 1 aromatic carbocycles. The van der Waals surface area contributed by atoms with Gasteiger partial charge in [-0.2, -0.15) is 0 Å². The van der Waals surface area contributed by atoms with Crippen LogP contribution >= 0.6 is 0 Å². The van der Waals surface area contributed by atoms with Gasteiger partial charge in [-0.3, -0.25) is 4.90 Å². The van der Waals surface area contributed by atoms with E-state index in [1.807, 2.05) is 6.07 Å². The van der Waals surface area contributed by atoms with Crippen LogP contribution in [0.3, 0.4) is 0 Å². The standard InChI is InChI=1S/C16H25N3O/c1-17-8-10-18(11-9-17)12-13-19-7-6-16(20)14-4-2-3-5-15(14)19/h2-5,16,20H,6-13H2,1H3. The van der Waals surface area contributed by atoms with Gasteiger partial charge in [-0.15, -0.1) is 0 Å². The number of piperazine rings is 1. The fraction of sp³-hybridized carbons (Fsp3) is 0.625. The molecule has 0 aromatic heterocycles. The Bertz CT molecular complexity index is 443. The summed E-state index contributed by atoms with van der Waals surface area (Å²) in [4.78, 5) is 7.37. The number of aliphatic hydroxyl groups excluding tert-OH is 1. The van der Waals surface area contributed by atoms with Crippen LogP contribution in [0.4, 0.5) is 5.69 Å². The van der Waals surface area contributed by atoms with E-state index in [9.17, 15) is 5.11 Å². The molecule has 1 fully saturated rings. The largest absolute Gasteiger partial charge is 0.388 e. The van der Waals surface area contributed by atoms with E-state index in [2.05, 4.69) is 39.9 Å². The molecule has 0 bridgehead atoms. The lowest BCUT2D eigenvalue weighted by Gasteiger charge is -2.37. The maximum Gasteiger partial charge on any atom is 0.0826 e. The molecule has 1 aromatic rings. The monoisotopic (exact) mass is 275 g/mol. The maximum atomic E-state index is 10.1. The molecule has 0 radical (unpaired) electrons. The van der Waals surface area contributed by atoms with Gasteiger partial charge in [0, 0.05) is 57.1 Å². The fourth-order valence-corrected chi connectivity index (χ4v) is 3.18. The van der Waals surface area contributed by atoms with Crippen molar-refractivity contribution in [2.24, 2.45) is 0 Å². The first-order chi connectivity index (χ1) is 9.74. The normalized spacial score (nSPS) is 24.7. The predicted molar refractivity (Wildman–Crippen MR) is 82.2 cm³/mol. The molecule has 1 N–H and O–H groups in total. The van der Waals surface area contributed by atoms with E-state index in [1.165, 1.54) is 31.9 Å². The molecule has 4 heteroatoms. The first kappa shape index (κ1) is 13.9. The van der Waals surface area contributed by atoms with Crippen LogP contribution in [0.2, 0.25) is 0 Å². The van der Waals surface area contributed by atoms with Gasteiger partial charge >= 0.3 is 0 Å². The molecule has 2 aliphatic heterocycles. The van der Waals surface area contributed by atoms with Crippen molar-refractivity contribution in [3.05, 3.63) is 29.8 Å². The van der Waals surface area contributed by atoms with E-state index < -0.39 is 0 Å². The third-order valence-electron chi connectivity index (χ3n) is 4.59. The van der Waals surface area contributed by atoms with Crippen molar-refractivity contribution < 1.29 is 5.11 Å². The predicted octanol–water partition coefficient (Wildman–Crippen LogP) is 1.18. The zero-order valence-corrected chi connectivity index (χ0v) is 12.3. The third-order valence-corrected chi connectivity index (χ3v) is 4.59. The van der Waals surface area contributed by atoms with Crippen LogP contribution in [0.15, 0.2) is 24.3 Å². The third kappa shape index (κ3) is 2.97. The second-order valence-electron chi connectivity index (χ2n) is 6.00. The molecule has 20 heavy (non-hydrogen) atoms. The van der Waals surface area contributed by atoms with Crippen molar-refractivity contribution in [1.82, 2.24) is 9.80 Å². The molecule has 0 aliphatic carbocycles. The van der Waals surface area contributed by atoms with Crippen LogP contribution in [-0.4, -0.2) is 67.8 Å². The number of para-hydroxylation sites is 1. The molecule has 0 amide bonds. The highest BCUT2D eigenvalue weighted by atomic mass is 16.3. The summed E-state index contributed by atoms with van der Waals surface area (Å²) in [7, 11) is 2.19. The molecule has 2 heterocycles. The summed E-state index contributed by atoms with van der Waals surface area (Å²) in [5.74, 6) is 0. The quantitative estimate of drug-likeness (QED) is 0.897. The molecule has 0 spiro atoms. The Kier molecular flexibility index (Phi) is 4.24. The first-order valence-corrected chi connectivity index (χ1v) is 7.67. The number of hydrogen-bond donors (Lipinski definition) is 1. The van der Waals surface area contributed by atoms with Crippen molar-refractivity contribution in [3.63, 3.8) is 0 Å². The van der Waals surface area contributed by atoms with Crippen LogP contribution in [0.25, 0.3) is 0 Å². The summed E-state index contributed by atoms with van der Waals surface area (Å²) in [5, 5.41) is 10.1. The minimum atomic E-state index is -0.286. The summed E-state index contributed by atoms with van der Waals surface area (Å²) in [5.41, 5.74) is 2.32. The minimum absolute atomic E-state index is 0.286. The van der Waals surface area contributed by atoms with Crippen molar-refractivity contribution >= 4 is 5.69 Å². The number of anilines is 1. The Morgan fingerprint density at radius 3 is 2.60 bits per heavy atom. The fourth-order valence-electron chi connectivity index (χ4n) is 3.18. The Labute approximate surface area is 121 Å². The van der Waals surface area contributed by atoms with Crippen molar-refractivity contribution in [3.8, 4) is 0 Å². The van der Waals surface area contributed by atoms with E-state index in [4.69, 9.17) is 0 Å². The second kappa shape index (κ2) is 6.12. The van der Waals surface area contributed by atoms with Gasteiger partial charge in [-0.05, 0) is 19.5 Å². The lowest BCUT2D eigenvalue weighted by Crippen LogP contribution is -2.47. The van der Waals surface area contributed by atoms with Gasteiger partial charge in [0.2, 0.25) is 0 Å². The highest BCUT2D eigenvalue weighted by Crippen LogP contribution is 2.33. The number of nitrogens with zero attached hydrogens (tertiary/aromatic N) is 3. The number of rotatable bonds is 3. The Morgan fingerprint density at radius 1 is 1.05 bits per heavy atom. The SMILES string of the molecule is CN1CCN(CCN2CCC(O)c3ccccc32)CC1. The molecule has 1 saturated heterocycles. The number of fused-ring (bicyclic) bond motifs is 1. The van der Waals surface area contributed by atoms with Gasteiger partial charge in [0.25, 0.3) is 0 Å². The van der Waals surface area contributed by atoms with Crippen LogP contribution in [0.1, 0.15) is 18.1 Å².